The van der Waals surface area contributed by atoms with Crippen molar-refractivity contribution in [2.75, 3.05) is 0 Å². The van der Waals surface area contributed by atoms with Gasteiger partial charge in [0.25, 0.3) is 0 Å². The van der Waals surface area contributed by atoms with Crippen LogP contribution in [0.25, 0.3) is 0 Å². The van der Waals surface area contributed by atoms with Crippen LogP contribution >= 0.6 is 0 Å². The topological polar surface area (TPSA) is 94.8 Å². The average Bonchev–Trinajstić information content (AvgIpc) is 3.26. The van der Waals surface area contributed by atoms with Crippen LogP contribution in [0.5, 0.6) is 0 Å². The molecule has 0 aromatic heterocycles. The number of rotatable bonds is 13. The summed E-state index contributed by atoms with van der Waals surface area (Å²) in [5, 5.41) is 29.7. The van der Waals surface area contributed by atoms with E-state index in [4.69, 9.17) is 5.11 Å². The number of aliphatic carboxylic acids is 1. The maximum absolute atomic E-state index is 12.3. The van der Waals surface area contributed by atoms with E-state index < -0.39 is 17.7 Å². The molecule has 0 heterocycles. The molecule has 3 unspecified atom stereocenters. The maximum atomic E-state index is 12.3. The van der Waals surface area contributed by atoms with E-state index in [1.807, 2.05) is 6.92 Å². The van der Waals surface area contributed by atoms with Gasteiger partial charge in [-0.25, -0.2) is 0 Å². The van der Waals surface area contributed by atoms with Crippen LogP contribution in [0.2, 0.25) is 0 Å². The second-order valence-corrected chi connectivity index (χ2v) is 9.26. The van der Waals surface area contributed by atoms with Crippen molar-refractivity contribution in [1.82, 2.24) is 0 Å². The Balaban J connectivity index is 1.74. The van der Waals surface area contributed by atoms with E-state index in [9.17, 15) is 19.8 Å². The molecule has 0 radical (unpaired) electrons. The van der Waals surface area contributed by atoms with Gasteiger partial charge in [-0.15, -0.1) is 0 Å². The molecule has 5 heteroatoms. The zero-order valence-electron chi connectivity index (χ0n) is 17.0. The predicted molar refractivity (Wildman–Crippen MR) is 104 cm³/mol. The number of carbonyl (C=O) groups is 2. The van der Waals surface area contributed by atoms with Crippen molar-refractivity contribution in [1.29, 1.82) is 0 Å². The van der Waals surface area contributed by atoms with Gasteiger partial charge in [0.2, 0.25) is 0 Å². The largest absolute Gasteiger partial charge is 0.481 e. The summed E-state index contributed by atoms with van der Waals surface area (Å²) in [4.78, 5) is 22.8. The molecule has 0 spiro atoms. The van der Waals surface area contributed by atoms with Crippen molar-refractivity contribution in [2.24, 2.45) is 23.7 Å². The van der Waals surface area contributed by atoms with Gasteiger partial charge in [0.1, 0.15) is 5.78 Å². The monoisotopic (exact) mass is 382 g/mol. The van der Waals surface area contributed by atoms with Crippen molar-refractivity contribution in [3.8, 4) is 0 Å². The number of carboxylic acid groups (broad SMARTS) is 1. The summed E-state index contributed by atoms with van der Waals surface area (Å²) in [5.41, 5.74) is -0.707. The van der Waals surface area contributed by atoms with Crippen LogP contribution in [-0.4, -0.2) is 38.8 Å². The van der Waals surface area contributed by atoms with Crippen LogP contribution in [0.3, 0.4) is 0 Å². The molecule has 0 amide bonds. The molecule has 3 N–H and O–H groups in total. The SMILES string of the molecule is CCC1CC1CC(C)(O)CC[C@H]1[C@H](O)CC(=O)[C@@H]1CCCCCCC(=O)O. The lowest BCUT2D eigenvalue weighted by Gasteiger charge is -2.28. The smallest absolute Gasteiger partial charge is 0.303 e. The standard InChI is InChI=1S/C22H38O5/c1-3-15-12-16(15)14-22(2,27)11-10-18-17(19(23)13-20(18)24)8-6-4-5-7-9-21(25)26/h15-18,20,24,27H,3-14H2,1-2H3,(H,25,26)/t15?,16?,17-,18-,20-,22?/m1/s1. The van der Waals surface area contributed by atoms with Gasteiger partial charge in [0.05, 0.1) is 11.7 Å². The normalized spacial score (nSPS) is 32.4. The molecule has 0 aromatic carbocycles. The highest BCUT2D eigenvalue weighted by Gasteiger charge is 2.43. The highest BCUT2D eigenvalue weighted by molar-refractivity contribution is 5.84. The van der Waals surface area contributed by atoms with Crippen LogP contribution in [0, 0.1) is 23.7 Å². The molecule has 5 nitrogen and oxygen atoms in total. The van der Waals surface area contributed by atoms with E-state index in [-0.39, 0.29) is 30.5 Å². The summed E-state index contributed by atoms with van der Waals surface area (Å²) in [6.45, 7) is 4.10. The fourth-order valence-corrected chi connectivity index (χ4v) is 4.98. The highest BCUT2D eigenvalue weighted by atomic mass is 16.4. The Labute approximate surface area is 163 Å². The van der Waals surface area contributed by atoms with Crippen molar-refractivity contribution < 1.29 is 24.9 Å². The third-order valence-electron chi connectivity index (χ3n) is 6.80. The summed E-state index contributed by atoms with van der Waals surface area (Å²) in [7, 11) is 0. The summed E-state index contributed by atoms with van der Waals surface area (Å²) >= 11 is 0. The van der Waals surface area contributed by atoms with Gasteiger partial charge >= 0.3 is 5.97 Å². The molecule has 27 heavy (non-hydrogen) atoms. The van der Waals surface area contributed by atoms with Crippen molar-refractivity contribution in [3.63, 3.8) is 0 Å². The van der Waals surface area contributed by atoms with E-state index in [0.717, 1.165) is 38.0 Å². The van der Waals surface area contributed by atoms with Crippen molar-refractivity contribution >= 4 is 11.8 Å². The Morgan fingerprint density at radius 2 is 1.85 bits per heavy atom. The Kier molecular flexibility index (Phi) is 8.29. The van der Waals surface area contributed by atoms with Crippen LogP contribution in [0.1, 0.15) is 90.9 Å². The second-order valence-electron chi connectivity index (χ2n) is 9.26. The maximum Gasteiger partial charge on any atom is 0.303 e. The molecule has 0 saturated heterocycles. The molecule has 0 aromatic rings. The second kappa shape index (κ2) is 10.0. The lowest BCUT2D eigenvalue weighted by molar-refractivity contribution is -0.137. The number of aliphatic hydroxyl groups excluding tert-OH is 1. The predicted octanol–water partition coefficient (Wildman–Crippen LogP) is 3.95. The number of hydrogen-bond acceptors (Lipinski definition) is 4. The van der Waals surface area contributed by atoms with Crippen LogP contribution in [0.15, 0.2) is 0 Å². The van der Waals surface area contributed by atoms with Gasteiger partial charge in [0.15, 0.2) is 0 Å². The number of Topliss-reactive ketones (excluding diaryl/α,β-unsaturated/α-hetero) is 1. The van der Waals surface area contributed by atoms with Gasteiger partial charge in [-0.3, -0.25) is 9.59 Å². The van der Waals surface area contributed by atoms with Gasteiger partial charge in [-0.05, 0) is 63.2 Å². The van der Waals surface area contributed by atoms with Crippen LogP contribution in [0.4, 0.5) is 0 Å². The lowest BCUT2D eigenvalue weighted by atomic mass is 9.82. The van der Waals surface area contributed by atoms with Crippen LogP contribution < -0.4 is 0 Å². The minimum atomic E-state index is -0.757. The summed E-state index contributed by atoms with van der Waals surface area (Å²) < 4.78 is 0. The zero-order chi connectivity index (χ0) is 20.0. The summed E-state index contributed by atoms with van der Waals surface area (Å²) in [6, 6.07) is 0. The van der Waals surface area contributed by atoms with Crippen molar-refractivity contribution in [3.05, 3.63) is 0 Å². The van der Waals surface area contributed by atoms with Gasteiger partial charge in [-0.1, -0.05) is 32.6 Å². The number of hydrogen-bond donors (Lipinski definition) is 3. The third kappa shape index (κ3) is 7.19. The molecule has 2 fully saturated rings. The first kappa shape index (κ1) is 22.4. The van der Waals surface area contributed by atoms with E-state index >= 15 is 0 Å². The number of unbranched alkanes of at least 4 members (excludes halogenated alkanes) is 3. The van der Waals surface area contributed by atoms with Crippen molar-refractivity contribution in [2.45, 2.75) is 103 Å². The van der Waals surface area contributed by atoms with E-state index in [0.29, 0.717) is 25.2 Å². The summed E-state index contributed by atoms with van der Waals surface area (Å²) in [6.07, 6.45) is 8.62. The number of aliphatic hydroxyl groups is 2. The lowest BCUT2D eigenvalue weighted by Crippen LogP contribution is -2.29. The Hall–Kier alpha value is -0.940. The number of ketones is 1. The molecule has 2 rings (SSSR count). The van der Waals surface area contributed by atoms with E-state index in [1.165, 1.54) is 12.8 Å². The Morgan fingerprint density at radius 3 is 2.48 bits per heavy atom. The van der Waals surface area contributed by atoms with Gasteiger partial charge in [0, 0.05) is 18.8 Å². The quantitative estimate of drug-likeness (QED) is 0.419. The fourth-order valence-electron chi connectivity index (χ4n) is 4.98. The Bertz CT molecular complexity index is 501. The molecule has 6 atom stereocenters. The molecule has 2 aliphatic carbocycles. The van der Waals surface area contributed by atoms with Gasteiger partial charge in [-0.2, -0.15) is 0 Å². The molecule has 156 valence electrons. The molecular formula is C22H38O5. The highest BCUT2D eigenvalue weighted by Crippen LogP contribution is 2.47. The van der Waals surface area contributed by atoms with E-state index in [2.05, 4.69) is 6.92 Å². The first-order valence-electron chi connectivity index (χ1n) is 10.9. The first-order chi connectivity index (χ1) is 12.7. The minimum absolute atomic E-state index is 0.0378. The third-order valence-corrected chi connectivity index (χ3v) is 6.80. The Morgan fingerprint density at radius 1 is 1.15 bits per heavy atom. The number of carbonyl (C=O) groups excluding carboxylic acids is 1. The fraction of sp³-hybridized carbons (Fsp3) is 0.909. The van der Waals surface area contributed by atoms with Crippen LogP contribution in [-0.2, 0) is 9.59 Å². The van der Waals surface area contributed by atoms with E-state index in [1.54, 1.807) is 0 Å². The molecule has 2 saturated carbocycles. The summed E-state index contributed by atoms with van der Waals surface area (Å²) in [5.74, 6) is 0.674. The molecule has 2 aliphatic rings. The first-order valence-corrected chi connectivity index (χ1v) is 10.9. The zero-order valence-corrected chi connectivity index (χ0v) is 17.0. The molecule has 0 aliphatic heterocycles. The molecule has 0 bridgehead atoms. The molecular weight excluding hydrogens is 344 g/mol. The average molecular weight is 383 g/mol. The minimum Gasteiger partial charge on any atom is -0.481 e. The number of carboxylic acids is 1. The van der Waals surface area contributed by atoms with Gasteiger partial charge < -0.3 is 15.3 Å².